The highest BCUT2D eigenvalue weighted by Crippen LogP contribution is 2.08. The summed E-state index contributed by atoms with van der Waals surface area (Å²) in [4.78, 5) is 20.7. The van der Waals surface area contributed by atoms with Crippen molar-refractivity contribution < 1.29 is 14.7 Å². The van der Waals surface area contributed by atoms with Gasteiger partial charge in [-0.05, 0) is 22.4 Å². The minimum Gasteiger partial charge on any atom is -0.480 e. The molecule has 0 aromatic carbocycles. The molecule has 0 spiro atoms. The molecule has 1 rings (SSSR count). The zero-order valence-corrected chi connectivity index (χ0v) is 7.58. The number of nitrogens with one attached hydrogen (secondary N) is 1. The Morgan fingerprint density at radius 1 is 1.77 bits per heavy atom. The molecule has 0 saturated heterocycles. The van der Waals surface area contributed by atoms with Crippen molar-refractivity contribution in [2.45, 2.75) is 12.5 Å². The molecule has 2 N–H and O–H groups in total. The lowest BCUT2D eigenvalue weighted by Gasteiger charge is -2.08. The average molecular weight is 199 g/mol. The van der Waals surface area contributed by atoms with E-state index in [4.69, 9.17) is 5.11 Å². The number of carboxylic acids is 1. The normalized spacial score (nSPS) is 12.0. The predicted molar refractivity (Wildman–Crippen MR) is 48.6 cm³/mol. The van der Waals surface area contributed by atoms with Crippen LogP contribution in [0.3, 0.4) is 0 Å². The van der Waals surface area contributed by atoms with Gasteiger partial charge in [0.25, 0.3) is 0 Å². The first-order chi connectivity index (χ1) is 6.24. The van der Waals surface area contributed by atoms with Gasteiger partial charge >= 0.3 is 5.97 Å². The van der Waals surface area contributed by atoms with Crippen LogP contribution in [0.15, 0.2) is 16.8 Å². The Morgan fingerprint density at radius 2 is 2.54 bits per heavy atom. The van der Waals surface area contributed by atoms with E-state index in [-0.39, 0.29) is 0 Å². The number of carbonyl (C=O) groups excluding carboxylic acids is 1. The van der Waals surface area contributed by atoms with E-state index in [0.717, 1.165) is 5.56 Å². The molecule has 0 aliphatic heterocycles. The Balaban J connectivity index is 2.57. The number of carboxylic acid groups (broad SMARTS) is 1. The molecule has 4 nitrogen and oxygen atoms in total. The summed E-state index contributed by atoms with van der Waals surface area (Å²) in [7, 11) is 0. The van der Waals surface area contributed by atoms with Gasteiger partial charge in [0.15, 0.2) is 0 Å². The molecular formula is C8H9NO3S. The van der Waals surface area contributed by atoms with E-state index >= 15 is 0 Å². The number of amides is 1. The number of rotatable bonds is 5. The molecule has 0 saturated carbocycles. The molecule has 1 heterocycles. The third-order valence-corrected chi connectivity index (χ3v) is 2.32. The summed E-state index contributed by atoms with van der Waals surface area (Å²) in [5, 5.41) is 14.7. The Labute approximate surface area is 79.2 Å². The smallest absolute Gasteiger partial charge is 0.326 e. The number of hydrogen-bond donors (Lipinski definition) is 2. The fourth-order valence-electron chi connectivity index (χ4n) is 0.944. The first-order valence-corrected chi connectivity index (χ1v) is 4.62. The second kappa shape index (κ2) is 4.61. The maximum Gasteiger partial charge on any atom is 0.326 e. The van der Waals surface area contributed by atoms with Gasteiger partial charge in [-0.15, -0.1) is 0 Å². The van der Waals surface area contributed by atoms with E-state index in [1.807, 2.05) is 16.8 Å². The van der Waals surface area contributed by atoms with Gasteiger partial charge in [0.2, 0.25) is 6.41 Å². The standard InChI is InChI=1S/C8H9NO3S/c10-5-9-7(8(11)12)3-6-1-2-13-4-6/h1-2,4-5,7H,3H2,(H,9,10)(H,11,12)/t7-/m0/s1. The second-order valence-corrected chi connectivity index (χ2v) is 3.29. The summed E-state index contributed by atoms with van der Waals surface area (Å²) in [5.41, 5.74) is 0.923. The molecule has 70 valence electrons. The molecule has 1 aromatic rings. The van der Waals surface area contributed by atoms with E-state index in [2.05, 4.69) is 5.32 Å². The molecule has 0 fully saturated rings. The summed E-state index contributed by atoms with van der Waals surface area (Å²) in [6, 6.07) is 1.01. The molecule has 0 radical (unpaired) electrons. The van der Waals surface area contributed by atoms with Gasteiger partial charge in [-0.3, -0.25) is 4.79 Å². The summed E-state index contributed by atoms with van der Waals surface area (Å²) in [6.07, 6.45) is 0.739. The molecule has 1 aromatic heterocycles. The van der Waals surface area contributed by atoms with Crippen LogP contribution < -0.4 is 5.32 Å². The van der Waals surface area contributed by atoms with Crippen LogP contribution >= 0.6 is 11.3 Å². The summed E-state index contributed by atoms with van der Waals surface area (Å²) in [6.45, 7) is 0. The van der Waals surface area contributed by atoms with Crippen LogP contribution in [0.25, 0.3) is 0 Å². The highest BCUT2D eigenvalue weighted by Gasteiger charge is 2.16. The molecule has 1 atom stereocenters. The molecule has 5 heteroatoms. The van der Waals surface area contributed by atoms with Crippen molar-refractivity contribution in [1.82, 2.24) is 5.32 Å². The Bertz CT molecular complexity index is 284. The van der Waals surface area contributed by atoms with Gasteiger partial charge in [-0.25, -0.2) is 4.79 Å². The van der Waals surface area contributed by atoms with Crippen molar-refractivity contribution in [3.8, 4) is 0 Å². The van der Waals surface area contributed by atoms with Crippen molar-refractivity contribution in [3.05, 3.63) is 22.4 Å². The summed E-state index contributed by atoms with van der Waals surface area (Å²) in [5.74, 6) is -1.02. The lowest BCUT2D eigenvalue weighted by Crippen LogP contribution is -2.37. The van der Waals surface area contributed by atoms with Crippen LogP contribution in [0.1, 0.15) is 5.56 Å². The van der Waals surface area contributed by atoms with Gasteiger partial charge in [0.05, 0.1) is 0 Å². The topological polar surface area (TPSA) is 66.4 Å². The minimum atomic E-state index is -1.02. The molecule has 0 unspecified atom stereocenters. The monoisotopic (exact) mass is 199 g/mol. The average Bonchev–Trinajstić information content (AvgIpc) is 2.56. The maximum absolute atomic E-state index is 10.6. The predicted octanol–water partition coefficient (Wildman–Crippen LogP) is 0.490. The first-order valence-electron chi connectivity index (χ1n) is 3.67. The van der Waals surface area contributed by atoms with E-state index in [0.29, 0.717) is 12.8 Å². The highest BCUT2D eigenvalue weighted by atomic mass is 32.1. The van der Waals surface area contributed by atoms with Crippen LogP contribution in [0.2, 0.25) is 0 Å². The lowest BCUT2D eigenvalue weighted by molar-refractivity contribution is -0.140. The van der Waals surface area contributed by atoms with Crippen molar-refractivity contribution in [2.75, 3.05) is 0 Å². The zero-order chi connectivity index (χ0) is 9.68. The van der Waals surface area contributed by atoms with Crippen molar-refractivity contribution in [2.24, 2.45) is 0 Å². The molecule has 1 amide bonds. The molecule has 0 aliphatic rings. The second-order valence-electron chi connectivity index (χ2n) is 2.51. The van der Waals surface area contributed by atoms with Gasteiger partial charge in [0, 0.05) is 6.42 Å². The quantitative estimate of drug-likeness (QED) is 0.678. The molecular weight excluding hydrogens is 190 g/mol. The minimum absolute atomic E-state index is 0.331. The van der Waals surface area contributed by atoms with E-state index in [1.165, 1.54) is 11.3 Å². The number of carbonyl (C=O) groups is 2. The van der Waals surface area contributed by atoms with Gasteiger partial charge in [0.1, 0.15) is 6.04 Å². The Kier molecular flexibility index (Phi) is 3.45. The van der Waals surface area contributed by atoms with Crippen LogP contribution in [0.5, 0.6) is 0 Å². The van der Waals surface area contributed by atoms with Crippen LogP contribution in [0, 0.1) is 0 Å². The van der Waals surface area contributed by atoms with Crippen LogP contribution in [-0.4, -0.2) is 23.5 Å². The van der Waals surface area contributed by atoms with Crippen LogP contribution in [0.4, 0.5) is 0 Å². The van der Waals surface area contributed by atoms with Crippen molar-refractivity contribution >= 4 is 23.7 Å². The van der Waals surface area contributed by atoms with Gasteiger partial charge < -0.3 is 10.4 Å². The Hall–Kier alpha value is -1.36. The third-order valence-electron chi connectivity index (χ3n) is 1.59. The fourth-order valence-corrected chi connectivity index (χ4v) is 1.63. The number of hydrogen-bond acceptors (Lipinski definition) is 3. The van der Waals surface area contributed by atoms with Crippen molar-refractivity contribution in [1.29, 1.82) is 0 Å². The molecule has 0 aliphatic carbocycles. The largest absolute Gasteiger partial charge is 0.480 e. The molecule has 13 heavy (non-hydrogen) atoms. The maximum atomic E-state index is 10.6. The van der Waals surface area contributed by atoms with E-state index in [9.17, 15) is 9.59 Å². The summed E-state index contributed by atoms with van der Waals surface area (Å²) >= 11 is 1.50. The molecule has 0 bridgehead atoms. The SMILES string of the molecule is O=CN[C@@H](Cc1ccsc1)C(=O)O. The number of aliphatic carboxylic acids is 1. The van der Waals surface area contributed by atoms with E-state index < -0.39 is 12.0 Å². The first kappa shape index (κ1) is 9.73. The summed E-state index contributed by atoms with van der Waals surface area (Å²) < 4.78 is 0. The highest BCUT2D eigenvalue weighted by molar-refractivity contribution is 7.07. The fraction of sp³-hybridized carbons (Fsp3) is 0.250. The van der Waals surface area contributed by atoms with E-state index in [1.54, 1.807) is 0 Å². The van der Waals surface area contributed by atoms with Crippen molar-refractivity contribution in [3.63, 3.8) is 0 Å². The lowest BCUT2D eigenvalue weighted by atomic mass is 10.1. The van der Waals surface area contributed by atoms with Crippen LogP contribution in [-0.2, 0) is 16.0 Å². The zero-order valence-electron chi connectivity index (χ0n) is 6.77. The van der Waals surface area contributed by atoms with Gasteiger partial charge in [-0.2, -0.15) is 11.3 Å². The Morgan fingerprint density at radius 3 is 3.00 bits per heavy atom. The number of thiophene rings is 1. The third kappa shape index (κ3) is 2.87. The van der Waals surface area contributed by atoms with Gasteiger partial charge in [-0.1, -0.05) is 0 Å².